The van der Waals surface area contributed by atoms with Crippen LogP contribution in [0.1, 0.15) is 41.5 Å². The second-order valence-electron chi connectivity index (χ2n) is 9.46. The maximum Gasteiger partial charge on any atom is 0.125 e. The van der Waals surface area contributed by atoms with Crippen LogP contribution in [0.4, 0.5) is 0 Å². The second-order valence-corrected chi connectivity index (χ2v) is 21.6. The van der Waals surface area contributed by atoms with Gasteiger partial charge in [-0.25, -0.2) is 9.49 Å². The van der Waals surface area contributed by atoms with Gasteiger partial charge in [0.15, 0.2) is 0 Å². The van der Waals surface area contributed by atoms with Gasteiger partial charge in [0.05, 0.1) is 11.1 Å². The molecule has 0 aromatic rings. The molecule has 0 saturated heterocycles. The maximum atomic E-state index is 5.12. The van der Waals surface area contributed by atoms with Gasteiger partial charge in [0, 0.05) is 0 Å². The van der Waals surface area contributed by atoms with E-state index in [2.05, 4.69) is 84.8 Å². The van der Waals surface area contributed by atoms with Gasteiger partial charge >= 0.3 is 0 Å². The molecule has 0 amide bonds. The van der Waals surface area contributed by atoms with Crippen molar-refractivity contribution in [3.8, 4) is 0 Å². The molecule has 6 heteroatoms. The Balaban J connectivity index is 6.25. The van der Waals surface area contributed by atoms with Gasteiger partial charge in [-0.05, 0) is 41.5 Å². The highest BCUT2D eigenvalue weighted by Crippen LogP contribution is 2.39. The maximum absolute atomic E-state index is 5.12. The molecule has 0 aromatic heterocycles. The minimum atomic E-state index is -1.45. The number of nitrogens with zero attached hydrogens (tertiary/aromatic N) is 3. The van der Waals surface area contributed by atoms with Crippen LogP contribution in [0.25, 0.3) is 0 Å². The van der Waals surface area contributed by atoms with Crippen LogP contribution in [0.2, 0.25) is 39.3 Å². The summed E-state index contributed by atoms with van der Waals surface area (Å²) < 4.78 is 13.0. The molecule has 0 heterocycles. The molecule has 0 spiro atoms. The van der Waals surface area contributed by atoms with Crippen molar-refractivity contribution in [1.29, 1.82) is 0 Å². The van der Waals surface area contributed by atoms with Crippen molar-refractivity contribution in [2.45, 2.75) is 91.9 Å². The van der Waals surface area contributed by atoms with Crippen LogP contribution >= 0.6 is 7.66 Å². The fourth-order valence-electron chi connectivity index (χ4n) is 2.19. The monoisotopic (exact) mass is 333 g/mol. The topological polar surface area (TPSA) is 28.0 Å². The number of hydrogen-bond donors (Lipinski definition) is 0. The SMILES string of the molecule is CC(C)(C)N=P(=NC(C)(C)C)N([Si](C)(C)C)[Si](C)(C)C. The molecular formula is C14H36N3PSi2. The Morgan fingerprint density at radius 3 is 1.05 bits per heavy atom. The summed E-state index contributed by atoms with van der Waals surface area (Å²) in [5.74, 6) is 0. The van der Waals surface area contributed by atoms with Crippen molar-refractivity contribution in [2.24, 2.45) is 9.49 Å². The highest BCUT2D eigenvalue weighted by Gasteiger charge is 2.37. The highest BCUT2D eigenvalue weighted by molar-refractivity contribution is 7.41. The van der Waals surface area contributed by atoms with E-state index in [1.54, 1.807) is 0 Å². The summed E-state index contributed by atoms with van der Waals surface area (Å²) in [5, 5.41) is 0. The van der Waals surface area contributed by atoms with Crippen molar-refractivity contribution >= 4 is 24.1 Å². The van der Waals surface area contributed by atoms with E-state index in [0.717, 1.165) is 0 Å². The van der Waals surface area contributed by atoms with Gasteiger partial charge in [-0.3, -0.25) is 4.00 Å². The molecular weight excluding hydrogens is 297 g/mol. The van der Waals surface area contributed by atoms with E-state index in [-0.39, 0.29) is 11.1 Å². The van der Waals surface area contributed by atoms with Crippen LogP contribution in [0.15, 0.2) is 9.49 Å². The van der Waals surface area contributed by atoms with E-state index < -0.39 is 24.1 Å². The molecule has 0 aliphatic rings. The van der Waals surface area contributed by atoms with Crippen LogP contribution in [0, 0.1) is 0 Å². The molecule has 0 aliphatic carbocycles. The summed E-state index contributed by atoms with van der Waals surface area (Å²) in [4.78, 5) is 0. The van der Waals surface area contributed by atoms with Crippen LogP contribution in [-0.2, 0) is 0 Å². The quantitative estimate of drug-likeness (QED) is 0.438. The third-order valence-electron chi connectivity index (χ3n) is 2.23. The van der Waals surface area contributed by atoms with Crippen molar-refractivity contribution in [3.05, 3.63) is 0 Å². The molecule has 120 valence electrons. The molecule has 0 bridgehead atoms. The van der Waals surface area contributed by atoms with Gasteiger partial charge in [-0.2, -0.15) is 0 Å². The van der Waals surface area contributed by atoms with Crippen molar-refractivity contribution in [3.63, 3.8) is 0 Å². The smallest absolute Gasteiger partial charge is 0.125 e. The average Bonchev–Trinajstić information content (AvgIpc) is 1.87. The molecule has 0 atom stereocenters. The Bertz CT molecular complexity index is 376. The van der Waals surface area contributed by atoms with Gasteiger partial charge in [-0.1, -0.05) is 39.3 Å². The van der Waals surface area contributed by atoms with E-state index in [9.17, 15) is 0 Å². The normalized spacial score (nSPS) is 16.1. The lowest BCUT2D eigenvalue weighted by molar-refractivity contribution is 0.575. The van der Waals surface area contributed by atoms with Crippen LogP contribution < -0.4 is 0 Å². The van der Waals surface area contributed by atoms with Crippen molar-refractivity contribution < 1.29 is 0 Å². The largest absolute Gasteiger partial charge is 0.276 e. The molecule has 0 rings (SSSR count). The molecule has 0 fully saturated rings. The summed E-state index contributed by atoms with van der Waals surface area (Å²) in [6.07, 6.45) is 0. The molecule has 0 saturated carbocycles. The summed E-state index contributed by atoms with van der Waals surface area (Å²) in [7, 11) is -3.67. The van der Waals surface area contributed by atoms with Gasteiger partial charge in [-0.15, -0.1) is 0 Å². The minimum absolute atomic E-state index is 0.0298. The molecule has 0 aromatic carbocycles. The Labute approximate surface area is 130 Å². The van der Waals surface area contributed by atoms with E-state index in [4.69, 9.17) is 9.49 Å². The van der Waals surface area contributed by atoms with Crippen molar-refractivity contribution in [1.82, 2.24) is 4.00 Å². The fraction of sp³-hybridized carbons (Fsp3) is 1.00. The first-order valence-electron chi connectivity index (χ1n) is 7.49. The molecule has 20 heavy (non-hydrogen) atoms. The highest BCUT2D eigenvalue weighted by atomic mass is 31.1. The predicted octanol–water partition coefficient (Wildman–Crippen LogP) is 6.32. The fourth-order valence-corrected chi connectivity index (χ4v) is 16.4. The second kappa shape index (κ2) is 6.19. The summed E-state index contributed by atoms with van der Waals surface area (Å²) in [5.41, 5.74) is -0.0595. The first-order valence-corrected chi connectivity index (χ1v) is 15.6. The van der Waals surface area contributed by atoms with E-state index >= 15 is 0 Å². The first kappa shape index (κ1) is 20.3. The third-order valence-corrected chi connectivity index (χ3v) is 15.4. The first-order chi connectivity index (χ1) is 8.43. The summed E-state index contributed by atoms with van der Waals surface area (Å²) >= 11 is 0. The van der Waals surface area contributed by atoms with Gasteiger partial charge < -0.3 is 0 Å². The number of hydrogen-bond acceptors (Lipinski definition) is 2. The van der Waals surface area contributed by atoms with Gasteiger partial charge in [0.1, 0.15) is 24.1 Å². The van der Waals surface area contributed by atoms with Gasteiger partial charge in [0.2, 0.25) is 0 Å². The van der Waals surface area contributed by atoms with Crippen LogP contribution in [-0.4, -0.2) is 31.6 Å². The molecule has 0 radical (unpaired) electrons. The lowest BCUT2D eigenvalue weighted by Gasteiger charge is -2.41. The average molecular weight is 334 g/mol. The van der Waals surface area contributed by atoms with Crippen LogP contribution in [0.5, 0.6) is 0 Å². The van der Waals surface area contributed by atoms with E-state index in [1.165, 1.54) is 0 Å². The standard InChI is InChI=1S/C14H36N3PSi2/c1-13(2,3)15-18(16-14(4,5)6)17(19(7,8)9)20(10,11)12/h1-12H3. The molecule has 0 N–H and O–H groups in total. The van der Waals surface area contributed by atoms with Gasteiger partial charge in [0.25, 0.3) is 0 Å². The number of rotatable bonds is 3. The Kier molecular flexibility index (Phi) is 6.28. The molecule has 0 aliphatic heterocycles. The lowest BCUT2D eigenvalue weighted by atomic mass is 10.1. The Morgan fingerprint density at radius 1 is 0.650 bits per heavy atom. The Morgan fingerprint density at radius 2 is 0.900 bits per heavy atom. The van der Waals surface area contributed by atoms with E-state index in [0.29, 0.717) is 0 Å². The predicted molar refractivity (Wildman–Crippen MR) is 99.8 cm³/mol. The molecule has 3 nitrogen and oxygen atoms in total. The zero-order valence-corrected chi connectivity index (χ0v) is 18.7. The zero-order valence-electron chi connectivity index (χ0n) is 15.8. The van der Waals surface area contributed by atoms with Crippen LogP contribution in [0.3, 0.4) is 0 Å². The van der Waals surface area contributed by atoms with Crippen molar-refractivity contribution in [2.75, 3.05) is 0 Å². The third kappa shape index (κ3) is 7.91. The lowest BCUT2D eigenvalue weighted by Crippen LogP contribution is -2.54. The minimum Gasteiger partial charge on any atom is -0.276 e. The summed E-state index contributed by atoms with van der Waals surface area (Å²) in [6, 6.07) is 0. The Hall–Kier alpha value is 0.294. The zero-order chi connectivity index (χ0) is 16.6. The molecule has 0 unspecified atom stereocenters. The van der Waals surface area contributed by atoms with E-state index in [1.807, 2.05) is 0 Å². The summed E-state index contributed by atoms with van der Waals surface area (Å²) in [6.45, 7) is 27.7.